The molecule has 0 aliphatic heterocycles. The van der Waals surface area contributed by atoms with Gasteiger partial charge in [0.25, 0.3) is 0 Å². The molecule has 0 N–H and O–H groups in total. The van der Waals surface area contributed by atoms with E-state index in [2.05, 4.69) is 11.9 Å². The molecule has 1 heterocycles. The summed E-state index contributed by atoms with van der Waals surface area (Å²) in [5.74, 6) is 0.214. The van der Waals surface area contributed by atoms with Gasteiger partial charge in [-0.25, -0.2) is 0 Å². The van der Waals surface area contributed by atoms with E-state index < -0.39 is 0 Å². The van der Waals surface area contributed by atoms with Crippen molar-refractivity contribution in [3.63, 3.8) is 0 Å². The summed E-state index contributed by atoms with van der Waals surface area (Å²) in [4.78, 5) is 16.4. The molecule has 1 aromatic carbocycles. The van der Waals surface area contributed by atoms with Crippen LogP contribution in [0.25, 0.3) is 0 Å². The second kappa shape index (κ2) is 6.28. The normalized spacial score (nSPS) is 10.4. The minimum atomic E-state index is 0.214. The monoisotopic (exact) mass is 253 g/mol. The summed E-state index contributed by atoms with van der Waals surface area (Å²) < 4.78 is 0. The first-order chi connectivity index (χ1) is 9.19. The molecule has 2 heteroatoms. The maximum Gasteiger partial charge on any atom is 0.143 e. The quantitative estimate of drug-likeness (QED) is 0.818. The Labute approximate surface area is 114 Å². The van der Waals surface area contributed by atoms with Crippen LogP contribution in [0.4, 0.5) is 0 Å². The summed E-state index contributed by atoms with van der Waals surface area (Å²) in [6.07, 6.45) is 3.74. The molecule has 1 aromatic heterocycles. The number of carbonyl (C=O) groups is 1. The number of benzene rings is 1. The van der Waals surface area contributed by atoms with E-state index in [0.717, 1.165) is 17.7 Å². The van der Waals surface area contributed by atoms with Crippen molar-refractivity contribution in [2.45, 2.75) is 33.1 Å². The molecule has 19 heavy (non-hydrogen) atoms. The highest BCUT2D eigenvalue weighted by Gasteiger charge is 2.07. The van der Waals surface area contributed by atoms with Crippen LogP contribution in [-0.2, 0) is 24.1 Å². The minimum absolute atomic E-state index is 0.214. The van der Waals surface area contributed by atoms with Crippen molar-refractivity contribution in [1.82, 2.24) is 4.98 Å². The first-order valence-corrected chi connectivity index (χ1v) is 6.69. The third-order valence-electron chi connectivity index (χ3n) is 3.32. The van der Waals surface area contributed by atoms with Gasteiger partial charge in [0.2, 0.25) is 0 Å². The second-order valence-corrected chi connectivity index (χ2v) is 4.83. The van der Waals surface area contributed by atoms with E-state index in [1.807, 2.05) is 49.5 Å². The molecule has 98 valence electrons. The summed E-state index contributed by atoms with van der Waals surface area (Å²) in [5, 5.41) is 0. The molecule has 0 fully saturated rings. The van der Waals surface area contributed by atoms with Gasteiger partial charge in [0.1, 0.15) is 5.78 Å². The van der Waals surface area contributed by atoms with Crippen molar-refractivity contribution in [3.8, 4) is 0 Å². The van der Waals surface area contributed by atoms with E-state index in [1.165, 1.54) is 11.1 Å². The lowest BCUT2D eigenvalue weighted by Gasteiger charge is -2.05. The first-order valence-electron chi connectivity index (χ1n) is 6.69. The lowest BCUT2D eigenvalue weighted by Crippen LogP contribution is -2.08. The van der Waals surface area contributed by atoms with E-state index in [1.54, 1.807) is 0 Å². The summed E-state index contributed by atoms with van der Waals surface area (Å²) in [5.41, 5.74) is 4.34. The molecule has 0 radical (unpaired) electrons. The Morgan fingerprint density at radius 1 is 1.11 bits per heavy atom. The predicted molar refractivity (Wildman–Crippen MR) is 77.2 cm³/mol. The van der Waals surface area contributed by atoms with Gasteiger partial charge in [-0.15, -0.1) is 0 Å². The molecular weight excluding hydrogens is 234 g/mol. The average molecular weight is 253 g/mol. The van der Waals surface area contributed by atoms with Crippen LogP contribution < -0.4 is 0 Å². The fraction of sp³-hybridized carbons (Fsp3) is 0.294. The number of rotatable bonds is 5. The van der Waals surface area contributed by atoms with Crippen LogP contribution in [-0.4, -0.2) is 10.8 Å². The van der Waals surface area contributed by atoms with Crippen molar-refractivity contribution in [2.75, 3.05) is 0 Å². The van der Waals surface area contributed by atoms with E-state index in [0.29, 0.717) is 12.8 Å². The van der Waals surface area contributed by atoms with Crippen LogP contribution in [0.3, 0.4) is 0 Å². The van der Waals surface area contributed by atoms with E-state index in [4.69, 9.17) is 0 Å². The zero-order valence-corrected chi connectivity index (χ0v) is 11.5. The van der Waals surface area contributed by atoms with Gasteiger partial charge >= 0.3 is 0 Å². The van der Waals surface area contributed by atoms with E-state index in [9.17, 15) is 4.79 Å². The van der Waals surface area contributed by atoms with Crippen LogP contribution in [0.15, 0.2) is 42.6 Å². The molecule has 0 spiro atoms. The van der Waals surface area contributed by atoms with Crippen molar-refractivity contribution < 1.29 is 4.79 Å². The summed E-state index contributed by atoms with van der Waals surface area (Å²) in [6.45, 7) is 4.14. The van der Waals surface area contributed by atoms with Crippen LogP contribution in [0.5, 0.6) is 0 Å². The van der Waals surface area contributed by atoms with Crippen molar-refractivity contribution in [2.24, 2.45) is 0 Å². The number of ketones is 1. The number of nitrogens with zero attached hydrogens (tertiary/aromatic N) is 1. The number of aryl methyl sites for hydroxylation is 2. The third-order valence-corrected chi connectivity index (χ3v) is 3.32. The molecule has 0 amide bonds. The number of pyridine rings is 1. The third kappa shape index (κ3) is 3.75. The average Bonchev–Trinajstić information content (AvgIpc) is 2.42. The molecule has 0 aliphatic rings. The predicted octanol–water partition coefficient (Wildman–Crippen LogP) is 3.31. The molecule has 0 saturated heterocycles. The Balaban J connectivity index is 1.99. The lowest BCUT2D eigenvalue weighted by atomic mass is 10.0. The molecule has 0 atom stereocenters. The fourth-order valence-electron chi connectivity index (χ4n) is 2.05. The topological polar surface area (TPSA) is 30.0 Å². The minimum Gasteiger partial charge on any atom is -0.299 e. The highest BCUT2D eigenvalue weighted by molar-refractivity contribution is 5.83. The van der Waals surface area contributed by atoms with E-state index >= 15 is 0 Å². The zero-order valence-electron chi connectivity index (χ0n) is 11.5. The molecular formula is C17H19NO. The van der Waals surface area contributed by atoms with Gasteiger partial charge in [-0.2, -0.15) is 0 Å². The van der Waals surface area contributed by atoms with E-state index in [-0.39, 0.29) is 5.78 Å². The SMILES string of the molecule is CCc1ccc(CC(=O)Cc2ccccc2C)nc1. The van der Waals surface area contributed by atoms with Gasteiger partial charge in [-0.05, 0) is 36.1 Å². The van der Waals surface area contributed by atoms with Gasteiger partial charge in [-0.3, -0.25) is 9.78 Å². The number of Topliss-reactive ketones (excluding diaryl/α,β-unsaturated/α-hetero) is 1. The van der Waals surface area contributed by atoms with Crippen molar-refractivity contribution in [1.29, 1.82) is 0 Å². The molecule has 0 unspecified atom stereocenters. The van der Waals surface area contributed by atoms with Crippen LogP contribution >= 0.6 is 0 Å². The van der Waals surface area contributed by atoms with Gasteiger partial charge < -0.3 is 0 Å². The first kappa shape index (κ1) is 13.5. The smallest absolute Gasteiger partial charge is 0.143 e. The summed E-state index contributed by atoms with van der Waals surface area (Å²) >= 11 is 0. The standard InChI is InChI=1S/C17H19NO/c1-3-14-8-9-16(18-12-14)11-17(19)10-15-7-5-4-6-13(15)2/h4-9,12H,3,10-11H2,1-2H3. The maximum atomic E-state index is 12.0. The number of hydrogen-bond donors (Lipinski definition) is 0. The molecule has 2 aromatic rings. The zero-order chi connectivity index (χ0) is 13.7. The molecule has 2 nitrogen and oxygen atoms in total. The second-order valence-electron chi connectivity index (χ2n) is 4.83. The summed E-state index contributed by atoms with van der Waals surface area (Å²) in [6, 6.07) is 12.0. The van der Waals surface area contributed by atoms with Gasteiger partial charge in [0.15, 0.2) is 0 Å². The Kier molecular flexibility index (Phi) is 4.45. The van der Waals surface area contributed by atoms with Crippen LogP contribution in [0, 0.1) is 6.92 Å². The number of aromatic nitrogens is 1. The fourth-order valence-corrected chi connectivity index (χ4v) is 2.05. The molecule has 0 saturated carbocycles. The van der Waals surface area contributed by atoms with Gasteiger partial charge in [0, 0.05) is 24.7 Å². The Bertz CT molecular complexity index is 558. The lowest BCUT2D eigenvalue weighted by molar-refractivity contribution is -0.117. The van der Waals surface area contributed by atoms with Crippen LogP contribution in [0.2, 0.25) is 0 Å². The highest BCUT2D eigenvalue weighted by Crippen LogP contribution is 2.10. The van der Waals surface area contributed by atoms with Crippen LogP contribution in [0.1, 0.15) is 29.3 Å². The van der Waals surface area contributed by atoms with Gasteiger partial charge in [0.05, 0.1) is 0 Å². The highest BCUT2D eigenvalue weighted by atomic mass is 16.1. The number of carbonyl (C=O) groups excluding carboxylic acids is 1. The van der Waals surface area contributed by atoms with Crippen molar-refractivity contribution >= 4 is 5.78 Å². The van der Waals surface area contributed by atoms with Gasteiger partial charge in [-0.1, -0.05) is 37.3 Å². The summed E-state index contributed by atoms with van der Waals surface area (Å²) in [7, 11) is 0. The molecule has 0 bridgehead atoms. The molecule has 0 aliphatic carbocycles. The maximum absolute atomic E-state index is 12.0. The number of hydrogen-bond acceptors (Lipinski definition) is 2. The Morgan fingerprint density at radius 2 is 1.89 bits per heavy atom. The largest absolute Gasteiger partial charge is 0.299 e. The molecule has 2 rings (SSSR count). The van der Waals surface area contributed by atoms with Crippen molar-refractivity contribution in [3.05, 3.63) is 65.0 Å². The Hall–Kier alpha value is -1.96. The Morgan fingerprint density at radius 3 is 2.53 bits per heavy atom.